The third-order valence-corrected chi connectivity index (χ3v) is 1.12. The minimum atomic E-state index is -0.680. The van der Waals surface area contributed by atoms with E-state index in [-0.39, 0.29) is 6.54 Å². The number of alkyl carbamates (subject to hydrolysis) is 1. The van der Waals surface area contributed by atoms with E-state index in [1.807, 2.05) is 0 Å². The van der Waals surface area contributed by atoms with Crippen molar-refractivity contribution in [2.24, 2.45) is 0 Å². The zero-order chi connectivity index (χ0) is 11.2. The quantitative estimate of drug-likeness (QED) is 0.731. The molecule has 0 aromatic heterocycles. The van der Waals surface area contributed by atoms with Crippen LogP contribution in [0.15, 0.2) is 11.9 Å². The summed E-state index contributed by atoms with van der Waals surface area (Å²) in [6.07, 6.45) is 0.462. The van der Waals surface area contributed by atoms with E-state index >= 15 is 0 Å². The number of aliphatic hydroxyl groups is 1. The highest BCUT2D eigenvalue weighted by Crippen LogP contribution is 2.06. The maximum absolute atomic E-state index is 12.3. The van der Waals surface area contributed by atoms with Crippen molar-refractivity contribution in [1.82, 2.24) is 5.32 Å². The Bertz CT molecular complexity index is 221. The zero-order valence-electron chi connectivity index (χ0n) is 8.63. The van der Waals surface area contributed by atoms with Crippen molar-refractivity contribution in [3.63, 3.8) is 0 Å². The summed E-state index contributed by atoms with van der Waals surface area (Å²) in [6, 6.07) is 0. The van der Waals surface area contributed by atoms with Gasteiger partial charge in [0.2, 0.25) is 0 Å². The van der Waals surface area contributed by atoms with Gasteiger partial charge in [-0.05, 0) is 26.8 Å². The number of nitrogens with one attached hydrogen (secondary N) is 1. The third kappa shape index (κ3) is 7.54. The first-order valence-corrected chi connectivity index (χ1v) is 4.27. The molecule has 0 atom stereocenters. The fourth-order valence-electron chi connectivity index (χ4n) is 0.624. The molecule has 0 heterocycles. The molecule has 0 spiro atoms. The smallest absolute Gasteiger partial charge is 0.407 e. The van der Waals surface area contributed by atoms with Gasteiger partial charge in [0.15, 0.2) is 0 Å². The van der Waals surface area contributed by atoms with Crippen LogP contribution in [-0.4, -0.2) is 30.0 Å². The number of carbonyl (C=O) groups is 1. The van der Waals surface area contributed by atoms with Crippen LogP contribution in [0.5, 0.6) is 0 Å². The summed E-state index contributed by atoms with van der Waals surface area (Å²) >= 11 is 0. The highest BCUT2D eigenvalue weighted by molar-refractivity contribution is 5.67. The number of ether oxygens (including phenoxy) is 1. The molecule has 0 aliphatic heterocycles. The van der Waals surface area contributed by atoms with E-state index in [0.717, 1.165) is 6.08 Å². The normalized spacial score (nSPS) is 12.5. The Kier molecular flexibility index (Phi) is 5.15. The number of hydrogen-bond donors (Lipinski definition) is 2. The van der Waals surface area contributed by atoms with Gasteiger partial charge in [0.05, 0.1) is 6.61 Å². The summed E-state index contributed by atoms with van der Waals surface area (Å²) in [7, 11) is 0. The predicted molar refractivity (Wildman–Crippen MR) is 50.5 cm³/mol. The Balaban J connectivity index is 3.76. The largest absolute Gasteiger partial charge is 0.444 e. The Morgan fingerprint density at radius 1 is 1.57 bits per heavy atom. The molecule has 0 radical (unpaired) electrons. The number of halogens is 1. The van der Waals surface area contributed by atoms with Gasteiger partial charge in [-0.1, -0.05) is 0 Å². The standard InChI is InChI=1S/C9H16FNO3/c1-9(2,3)14-8(13)11-5-4-7(10)6-12/h4,12H,5-6H2,1-3H3,(H,11,13)/b7-4-. The molecule has 0 aliphatic carbocycles. The highest BCUT2D eigenvalue weighted by Gasteiger charge is 2.15. The van der Waals surface area contributed by atoms with Crippen LogP contribution in [0, 0.1) is 0 Å². The average molecular weight is 205 g/mol. The molecule has 0 saturated heterocycles. The summed E-state index contributed by atoms with van der Waals surface area (Å²) in [6.45, 7) is 4.54. The van der Waals surface area contributed by atoms with Crippen LogP contribution in [0.25, 0.3) is 0 Å². The molecule has 5 heteroatoms. The van der Waals surface area contributed by atoms with Crippen molar-refractivity contribution in [3.8, 4) is 0 Å². The van der Waals surface area contributed by atoms with E-state index < -0.39 is 24.1 Å². The van der Waals surface area contributed by atoms with E-state index in [9.17, 15) is 9.18 Å². The van der Waals surface area contributed by atoms with Crippen LogP contribution in [0.4, 0.5) is 9.18 Å². The molecule has 0 aromatic rings. The van der Waals surface area contributed by atoms with E-state index in [2.05, 4.69) is 5.32 Å². The van der Waals surface area contributed by atoms with Crippen LogP contribution in [0.1, 0.15) is 20.8 Å². The molecular weight excluding hydrogens is 189 g/mol. The molecule has 82 valence electrons. The summed E-state index contributed by atoms with van der Waals surface area (Å²) in [5, 5.41) is 10.6. The van der Waals surface area contributed by atoms with Gasteiger partial charge in [-0.3, -0.25) is 0 Å². The van der Waals surface area contributed by atoms with Gasteiger partial charge in [0.1, 0.15) is 11.4 Å². The van der Waals surface area contributed by atoms with Crippen LogP contribution in [0.3, 0.4) is 0 Å². The number of hydrogen-bond acceptors (Lipinski definition) is 3. The van der Waals surface area contributed by atoms with Crippen LogP contribution in [0.2, 0.25) is 0 Å². The van der Waals surface area contributed by atoms with E-state index in [1.165, 1.54) is 0 Å². The highest BCUT2D eigenvalue weighted by atomic mass is 19.1. The molecule has 0 unspecified atom stereocenters. The first-order valence-electron chi connectivity index (χ1n) is 4.27. The van der Waals surface area contributed by atoms with E-state index in [1.54, 1.807) is 20.8 Å². The number of carbonyl (C=O) groups excluding carboxylic acids is 1. The average Bonchev–Trinajstić information content (AvgIpc) is 2.00. The monoisotopic (exact) mass is 205 g/mol. The van der Waals surface area contributed by atoms with Crippen LogP contribution >= 0.6 is 0 Å². The maximum atomic E-state index is 12.3. The molecule has 0 aliphatic rings. The lowest BCUT2D eigenvalue weighted by Crippen LogP contribution is -2.32. The Hall–Kier alpha value is -1.10. The van der Waals surface area contributed by atoms with E-state index in [0.29, 0.717) is 0 Å². The van der Waals surface area contributed by atoms with Crippen molar-refractivity contribution < 1.29 is 19.0 Å². The minimum Gasteiger partial charge on any atom is -0.444 e. The van der Waals surface area contributed by atoms with Crippen molar-refractivity contribution in [2.45, 2.75) is 26.4 Å². The first-order chi connectivity index (χ1) is 6.35. The number of amides is 1. The molecule has 0 aromatic carbocycles. The fourth-order valence-corrected chi connectivity index (χ4v) is 0.624. The number of aliphatic hydroxyl groups excluding tert-OH is 1. The van der Waals surface area contributed by atoms with Crippen LogP contribution in [-0.2, 0) is 4.74 Å². The number of rotatable bonds is 3. The van der Waals surface area contributed by atoms with Gasteiger partial charge in [-0.15, -0.1) is 0 Å². The minimum absolute atomic E-state index is 0.00130. The molecule has 4 nitrogen and oxygen atoms in total. The van der Waals surface area contributed by atoms with Crippen molar-refractivity contribution in [1.29, 1.82) is 0 Å². The third-order valence-electron chi connectivity index (χ3n) is 1.12. The zero-order valence-corrected chi connectivity index (χ0v) is 8.63. The topological polar surface area (TPSA) is 58.6 Å². The van der Waals surface area contributed by atoms with Gasteiger partial charge in [-0.25, -0.2) is 9.18 Å². The molecule has 0 fully saturated rings. The van der Waals surface area contributed by atoms with Gasteiger partial charge in [0.25, 0.3) is 0 Å². The molecule has 2 N–H and O–H groups in total. The lowest BCUT2D eigenvalue weighted by atomic mass is 10.2. The lowest BCUT2D eigenvalue weighted by molar-refractivity contribution is 0.0534. The lowest BCUT2D eigenvalue weighted by Gasteiger charge is -2.19. The SMILES string of the molecule is CC(C)(C)OC(=O)NC/C=C(\F)CO. The Morgan fingerprint density at radius 2 is 2.14 bits per heavy atom. The van der Waals surface area contributed by atoms with Crippen molar-refractivity contribution >= 4 is 6.09 Å². The van der Waals surface area contributed by atoms with Crippen molar-refractivity contribution in [2.75, 3.05) is 13.2 Å². The molecule has 0 rings (SSSR count). The van der Waals surface area contributed by atoms with Gasteiger partial charge in [-0.2, -0.15) is 0 Å². The van der Waals surface area contributed by atoms with Crippen molar-refractivity contribution in [3.05, 3.63) is 11.9 Å². The summed E-state index contributed by atoms with van der Waals surface area (Å²) < 4.78 is 17.2. The van der Waals surface area contributed by atoms with E-state index in [4.69, 9.17) is 9.84 Å². The second-order valence-electron chi connectivity index (χ2n) is 3.69. The Labute approximate surface area is 82.8 Å². The summed E-state index contributed by atoms with van der Waals surface area (Å²) in [4.78, 5) is 11.0. The molecular formula is C9H16FNO3. The first kappa shape index (κ1) is 12.9. The van der Waals surface area contributed by atoms with Gasteiger partial charge >= 0.3 is 6.09 Å². The second-order valence-corrected chi connectivity index (χ2v) is 3.69. The molecule has 1 amide bonds. The Morgan fingerprint density at radius 3 is 2.57 bits per heavy atom. The summed E-state index contributed by atoms with van der Waals surface area (Å²) in [5.41, 5.74) is -0.566. The second kappa shape index (κ2) is 5.59. The maximum Gasteiger partial charge on any atom is 0.407 e. The molecule has 14 heavy (non-hydrogen) atoms. The fraction of sp³-hybridized carbons (Fsp3) is 0.667. The summed E-state index contributed by atoms with van der Waals surface area (Å²) in [5.74, 6) is -0.680. The molecule has 0 saturated carbocycles. The van der Waals surface area contributed by atoms with Gasteiger partial charge < -0.3 is 15.2 Å². The predicted octanol–water partition coefficient (Wildman–Crippen LogP) is 1.36. The van der Waals surface area contributed by atoms with Gasteiger partial charge in [0, 0.05) is 6.54 Å². The van der Waals surface area contributed by atoms with Crippen LogP contribution < -0.4 is 5.32 Å². The molecule has 0 bridgehead atoms.